The van der Waals surface area contributed by atoms with E-state index in [1.165, 1.54) is 55.9 Å². The fraction of sp³-hybridized carbons (Fsp3) is 0.611. The topological polar surface area (TPSA) is 28.7 Å². The van der Waals surface area contributed by atoms with Crippen LogP contribution in [0.5, 0.6) is 0 Å². The number of unbranched alkanes of at least 4 members (excludes halogenated alkanes) is 6. The zero-order valence-electron chi connectivity index (χ0n) is 13.4. The first-order valence-corrected chi connectivity index (χ1v) is 8.23. The molecule has 1 aromatic carbocycles. The molecule has 2 heteroatoms. The Labute approximate surface area is 124 Å². The minimum absolute atomic E-state index is 1.08. The molecular formula is C18H30N2. The number of aryl methyl sites for hydroxylation is 1. The standard InChI is InChI=1S/C9H10N2.C9H20/c1-2-7-3-4-8-6-10-11-9(8)5-7;1-3-5-7-9-8-6-4-2/h3-6H,2H2,1H3,(H,10,11);3-9H2,1-2H3. The van der Waals surface area contributed by atoms with E-state index >= 15 is 0 Å². The normalized spacial score (nSPS) is 10.3. The minimum Gasteiger partial charge on any atom is -0.278 e. The van der Waals surface area contributed by atoms with Gasteiger partial charge in [-0.1, -0.05) is 77.8 Å². The summed E-state index contributed by atoms with van der Waals surface area (Å²) in [5.41, 5.74) is 2.48. The quantitative estimate of drug-likeness (QED) is 0.627. The summed E-state index contributed by atoms with van der Waals surface area (Å²) in [7, 11) is 0. The number of hydrogen-bond donors (Lipinski definition) is 1. The van der Waals surface area contributed by atoms with Gasteiger partial charge in [0, 0.05) is 5.39 Å². The molecule has 0 amide bonds. The Bertz CT molecular complexity index is 453. The molecule has 112 valence electrons. The number of rotatable bonds is 7. The summed E-state index contributed by atoms with van der Waals surface area (Å²) in [4.78, 5) is 0. The molecule has 0 saturated carbocycles. The molecule has 1 heterocycles. The van der Waals surface area contributed by atoms with Gasteiger partial charge in [0.1, 0.15) is 0 Å². The zero-order chi connectivity index (χ0) is 14.6. The van der Waals surface area contributed by atoms with E-state index in [-0.39, 0.29) is 0 Å². The molecule has 0 saturated heterocycles. The number of nitrogens with zero attached hydrogens (tertiary/aromatic N) is 1. The summed E-state index contributed by atoms with van der Waals surface area (Å²) in [6, 6.07) is 6.37. The van der Waals surface area contributed by atoms with Crippen LogP contribution in [-0.2, 0) is 6.42 Å². The van der Waals surface area contributed by atoms with Crippen molar-refractivity contribution in [2.75, 3.05) is 0 Å². The van der Waals surface area contributed by atoms with E-state index in [2.05, 4.69) is 49.2 Å². The fourth-order valence-electron chi connectivity index (χ4n) is 2.23. The Morgan fingerprint density at radius 2 is 1.55 bits per heavy atom. The lowest BCUT2D eigenvalue weighted by molar-refractivity contribution is 0.602. The Morgan fingerprint density at radius 1 is 0.900 bits per heavy atom. The summed E-state index contributed by atoms with van der Waals surface area (Å²) >= 11 is 0. The zero-order valence-corrected chi connectivity index (χ0v) is 13.4. The highest BCUT2D eigenvalue weighted by Crippen LogP contribution is 2.12. The van der Waals surface area contributed by atoms with Crippen LogP contribution < -0.4 is 0 Å². The highest BCUT2D eigenvalue weighted by Gasteiger charge is 1.94. The molecule has 2 rings (SSSR count). The van der Waals surface area contributed by atoms with Crippen molar-refractivity contribution in [1.29, 1.82) is 0 Å². The summed E-state index contributed by atoms with van der Waals surface area (Å²) in [5, 5.41) is 8.08. The van der Waals surface area contributed by atoms with Crippen LogP contribution in [0.15, 0.2) is 24.4 Å². The Balaban J connectivity index is 0.000000206. The van der Waals surface area contributed by atoms with Crippen molar-refractivity contribution in [3.8, 4) is 0 Å². The molecule has 2 nitrogen and oxygen atoms in total. The van der Waals surface area contributed by atoms with E-state index in [0.29, 0.717) is 0 Å². The first-order valence-electron chi connectivity index (χ1n) is 8.23. The molecule has 0 bridgehead atoms. The number of H-pyrrole nitrogens is 1. The molecule has 0 radical (unpaired) electrons. The SMILES string of the molecule is CCCCCCCCC.CCc1ccc2cn[nH]c2c1. The van der Waals surface area contributed by atoms with Crippen LogP contribution in [0, 0.1) is 0 Å². The minimum atomic E-state index is 1.08. The van der Waals surface area contributed by atoms with Crippen LogP contribution in [-0.4, -0.2) is 10.2 Å². The Morgan fingerprint density at radius 3 is 2.15 bits per heavy atom. The molecule has 0 spiro atoms. The number of aromatic amines is 1. The molecule has 1 N–H and O–H groups in total. The van der Waals surface area contributed by atoms with Crippen molar-refractivity contribution < 1.29 is 0 Å². The number of hydrogen-bond acceptors (Lipinski definition) is 1. The third-order valence-electron chi connectivity index (χ3n) is 3.62. The third-order valence-corrected chi connectivity index (χ3v) is 3.62. The predicted molar refractivity (Wildman–Crippen MR) is 89.1 cm³/mol. The van der Waals surface area contributed by atoms with E-state index < -0.39 is 0 Å². The molecule has 0 atom stereocenters. The van der Waals surface area contributed by atoms with Gasteiger partial charge in [0.2, 0.25) is 0 Å². The van der Waals surface area contributed by atoms with E-state index in [0.717, 1.165) is 11.9 Å². The van der Waals surface area contributed by atoms with Crippen molar-refractivity contribution >= 4 is 10.9 Å². The second kappa shape index (κ2) is 10.5. The molecule has 1 aromatic heterocycles. The summed E-state index contributed by atoms with van der Waals surface area (Å²) in [6.07, 6.45) is 12.9. The van der Waals surface area contributed by atoms with Crippen molar-refractivity contribution in [2.45, 2.75) is 72.1 Å². The van der Waals surface area contributed by atoms with Gasteiger partial charge in [-0.2, -0.15) is 5.10 Å². The molecule has 0 fully saturated rings. The lowest BCUT2D eigenvalue weighted by atomic mass is 10.1. The lowest BCUT2D eigenvalue weighted by Crippen LogP contribution is -1.78. The molecule has 0 unspecified atom stereocenters. The number of fused-ring (bicyclic) bond motifs is 1. The largest absolute Gasteiger partial charge is 0.278 e. The molecule has 0 aliphatic carbocycles. The number of nitrogens with one attached hydrogen (secondary N) is 1. The van der Waals surface area contributed by atoms with Gasteiger partial charge in [-0.15, -0.1) is 0 Å². The molecular weight excluding hydrogens is 244 g/mol. The summed E-state index contributed by atoms with van der Waals surface area (Å²) < 4.78 is 0. The van der Waals surface area contributed by atoms with Crippen LogP contribution in [0.25, 0.3) is 10.9 Å². The van der Waals surface area contributed by atoms with Gasteiger partial charge in [0.25, 0.3) is 0 Å². The summed E-state index contributed by atoms with van der Waals surface area (Å²) in [6.45, 7) is 6.68. The van der Waals surface area contributed by atoms with Crippen LogP contribution in [0.2, 0.25) is 0 Å². The van der Waals surface area contributed by atoms with Gasteiger partial charge in [0.15, 0.2) is 0 Å². The van der Waals surface area contributed by atoms with Crippen LogP contribution in [0.1, 0.15) is 71.3 Å². The van der Waals surface area contributed by atoms with Crippen molar-refractivity contribution in [3.63, 3.8) is 0 Å². The van der Waals surface area contributed by atoms with E-state index in [4.69, 9.17) is 0 Å². The second-order valence-electron chi connectivity index (χ2n) is 5.41. The highest BCUT2D eigenvalue weighted by molar-refractivity contribution is 5.78. The fourth-order valence-corrected chi connectivity index (χ4v) is 2.23. The monoisotopic (exact) mass is 274 g/mol. The van der Waals surface area contributed by atoms with Gasteiger partial charge in [-0.3, -0.25) is 5.10 Å². The van der Waals surface area contributed by atoms with Gasteiger partial charge in [-0.25, -0.2) is 0 Å². The van der Waals surface area contributed by atoms with E-state index in [1.54, 1.807) is 0 Å². The number of aromatic nitrogens is 2. The Hall–Kier alpha value is -1.31. The van der Waals surface area contributed by atoms with Crippen LogP contribution in [0.3, 0.4) is 0 Å². The smallest absolute Gasteiger partial charge is 0.0653 e. The maximum atomic E-state index is 3.95. The average molecular weight is 274 g/mol. The highest BCUT2D eigenvalue weighted by atomic mass is 15.1. The summed E-state index contributed by atoms with van der Waals surface area (Å²) in [5.74, 6) is 0. The van der Waals surface area contributed by atoms with Crippen molar-refractivity contribution in [1.82, 2.24) is 10.2 Å². The third kappa shape index (κ3) is 6.23. The number of benzene rings is 1. The van der Waals surface area contributed by atoms with Gasteiger partial charge in [-0.05, 0) is 18.1 Å². The molecule has 0 aliphatic rings. The Kier molecular flexibility index (Phi) is 8.77. The van der Waals surface area contributed by atoms with E-state index in [1.807, 2.05) is 6.20 Å². The first-order chi connectivity index (χ1) is 9.81. The van der Waals surface area contributed by atoms with Crippen molar-refractivity contribution in [2.24, 2.45) is 0 Å². The lowest BCUT2D eigenvalue weighted by Gasteiger charge is -1.96. The van der Waals surface area contributed by atoms with Crippen molar-refractivity contribution in [3.05, 3.63) is 30.0 Å². The van der Waals surface area contributed by atoms with Gasteiger partial charge in [0.05, 0.1) is 11.7 Å². The van der Waals surface area contributed by atoms with Crippen LogP contribution in [0.4, 0.5) is 0 Å². The predicted octanol–water partition coefficient (Wildman–Crippen LogP) is 5.88. The van der Waals surface area contributed by atoms with Gasteiger partial charge >= 0.3 is 0 Å². The second-order valence-corrected chi connectivity index (χ2v) is 5.41. The maximum absolute atomic E-state index is 3.95. The molecule has 0 aliphatic heterocycles. The van der Waals surface area contributed by atoms with Gasteiger partial charge < -0.3 is 0 Å². The average Bonchev–Trinajstić information content (AvgIpc) is 2.95. The van der Waals surface area contributed by atoms with E-state index in [9.17, 15) is 0 Å². The molecule has 2 aromatic rings. The van der Waals surface area contributed by atoms with Crippen LogP contribution >= 0.6 is 0 Å². The first kappa shape index (κ1) is 16.7. The molecule has 20 heavy (non-hydrogen) atoms. The maximum Gasteiger partial charge on any atom is 0.0653 e.